The highest BCUT2D eigenvalue weighted by Gasteiger charge is 2.39. The normalized spacial score (nSPS) is 28.6. The lowest BCUT2D eigenvalue weighted by Crippen LogP contribution is -2.58. The molecule has 116 valence electrons. The van der Waals surface area contributed by atoms with Crippen molar-refractivity contribution in [3.63, 3.8) is 0 Å². The van der Waals surface area contributed by atoms with Crippen molar-refractivity contribution in [2.75, 3.05) is 52.5 Å². The number of ether oxygens (including phenoxy) is 2. The Morgan fingerprint density at radius 2 is 2.10 bits per heavy atom. The van der Waals surface area contributed by atoms with Crippen LogP contribution in [0.5, 0.6) is 0 Å². The first-order chi connectivity index (χ1) is 10.3. The molecule has 0 amide bonds. The summed E-state index contributed by atoms with van der Waals surface area (Å²) in [6.07, 6.45) is 5.49. The molecule has 1 aromatic heterocycles. The van der Waals surface area contributed by atoms with E-state index >= 15 is 0 Å². The third-order valence-corrected chi connectivity index (χ3v) is 4.13. The zero-order valence-corrected chi connectivity index (χ0v) is 12.5. The predicted octanol–water partition coefficient (Wildman–Crippen LogP) is 1.37. The minimum atomic E-state index is -0.221. The summed E-state index contributed by atoms with van der Waals surface area (Å²) in [4.78, 5) is 4.79. The number of morpholine rings is 1. The van der Waals surface area contributed by atoms with Crippen LogP contribution < -0.4 is 0 Å². The lowest BCUT2D eigenvalue weighted by Gasteiger charge is -2.43. The topological polar surface area (TPSA) is 38.1 Å². The first kappa shape index (κ1) is 14.8. The van der Waals surface area contributed by atoms with Gasteiger partial charge < -0.3 is 13.9 Å². The Kier molecular flexibility index (Phi) is 4.75. The summed E-state index contributed by atoms with van der Waals surface area (Å²) in [5.74, 6) is 0. The second-order valence-electron chi connectivity index (χ2n) is 5.95. The summed E-state index contributed by atoms with van der Waals surface area (Å²) in [6, 6.07) is 2.02. The van der Waals surface area contributed by atoms with E-state index in [9.17, 15) is 0 Å². The fourth-order valence-corrected chi connectivity index (χ4v) is 3.20. The minimum Gasteiger partial charge on any atom is -0.472 e. The molecular formula is C16H24N2O3. The van der Waals surface area contributed by atoms with Crippen LogP contribution in [0.15, 0.2) is 35.7 Å². The molecule has 3 heterocycles. The molecule has 2 aliphatic heterocycles. The molecule has 0 saturated carbocycles. The van der Waals surface area contributed by atoms with Crippen LogP contribution in [0.4, 0.5) is 0 Å². The number of hydrogen-bond donors (Lipinski definition) is 0. The van der Waals surface area contributed by atoms with Crippen LogP contribution in [0.1, 0.15) is 5.56 Å². The molecule has 0 bridgehead atoms. The van der Waals surface area contributed by atoms with Gasteiger partial charge in [0.15, 0.2) is 0 Å². The monoisotopic (exact) mass is 292 g/mol. The van der Waals surface area contributed by atoms with E-state index in [1.807, 2.05) is 18.4 Å². The van der Waals surface area contributed by atoms with E-state index in [0.717, 1.165) is 52.5 Å². The van der Waals surface area contributed by atoms with Crippen molar-refractivity contribution >= 4 is 0 Å². The van der Waals surface area contributed by atoms with Crippen molar-refractivity contribution < 1.29 is 13.9 Å². The molecule has 2 saturated heterocycles. The fourth-order valence-electron chi connectivity index (χ4n) is 3.20. The third-order valence-electron chi connectivity index (χ3n) is 4.13. The lowest BCUT2D eigenvalue weighted by molar-refractivity contribution is -0.142. The predicted molar refractivity (Wildman–Crippen MR) is 80.1 cm³/mol. The quantitative estimate of drug-likeness (QED) is 0.784. The van der Waals surface area contributed by atoms with E-state index in [1.165, 1.54) is 5.56 Å². The van der Waals surface area contributed by atoms with Gasteiger partial charge in [-0.3, -0.25) is 9.80 Å². The van der Waals surface area contributed by atoms with Gasteiger partial charge in [-0.15, -0.1) is 6.58 Å². The molecule has 0 aliphatic carbocycles. The largest absolute Gasteiger partial charge is 0.472 e. The van der Waals surface area contributed by atoms with Gasteiger partial charge in [0, 0.05) is 44.8 Å². The Bertz CT molecular complexity index is 448. The molecule has 21 heavy (non-hydrogen) atoms. The van der Waals surface area contributed by atoms with Crippen molar-refractivity contribution in [1.29, 1.82) is 0 Å². The van der Waals surface area contributed by atoms with Crippen molar-refractivity contribution in [2.45, 2.75) is 12.1 Å². The molecular weight excluding hydrogens is 268 g/mol. The van der Waals surface area contributed by atoms with Crippen LogP contribution in [-0.2, 0) is 16.0 Å². The second-order valence-corrected chi connectivity index (χ2v) is 5.95. The van der Waals surface area contributed by atoms with Crippen molar-refractivity contribution in [3.8, 4) is 0 Å². The minimum absolute atomic E-state index is 0.221. The summed E-state index contributed by atoms with van der Waals surface area (Å²) >= 11 is 0. The van der Waals surface area contributed by atoms with E-state index in [0.29, 0.717) is 6.61 Å². The van der Waals surface area contributed by atoms with Gasteiger partial charge in [0.2, 0.25) is 0 Å². The van der Waals surface area contributed by atoms with Gasteiger partial charge in [-0.2, -0.15) is 0 Å². The van der Waals surface area contributed by atoms with Gasteiger partial charge in [0.05, 0.1) is 32.3 Å². The molecule has 2 fully saturated rings. The molecule has 0 aromatic carbocycles. The van der Waals surface area contributed by atoms with Crippen LogP contribution in [-0.4, -0.2) is 67.9 Å². The number of rotatable bonds is 4. The van der Waals surface area contributed by atoms with Crippen LogP contribution >= 0.6 is 0 Å². The molecule has 2 aliphatic rings. The maximum absolute atomic E-state index is 6.15. The molecule has 0 radical (unpaired) electrons. The molecule has 3 rings (SSSR count). The lowest BCUT2D eigenvalue weighted by atomic mass is 10.0. The summed E-state index contributed by atoms with van der Waals surface area (Å²) in [5.41, 5.74) is 0.992. The Balaban J connectivity index is 1.66. The van der Waals surface area contributed by atoms with Crippen LogP contribution in [0.3, 0.4) is 0 Å². The van der Waals surface area contributed by atoms with E-state index < -0.39 is 0 Å². The summed E-state index contributed by atoms with van der Waals surface area (Å²) in [5, 5.41) is 0. The summed E-state index contributed by atoms with van der Waals surface area (Å²) in [7, 11) is 0. The van der Waals surface area contributed by atoms with E-state index in [2.05, 4.69) is 16.4 Å². The number of nitrogens with zero attached hydrogens (tertiary/aromatic N) is 2. The molecule has 1 spiro atoms. The van der Waals surface area contributed by atoms with Crippen LogP contribution in [0.2, 0.25) is 0 Å². The van der Waals surface area contributed by atoms with E-state index in [-0.39, 0.29) is 5.60 Å². The average Bonchev–Trinajstić information content (AvgIpc) is 2.90. The zero-order chi connectivity index (χ0) is 14.5. The molecule has 0 N–H and O–H groups in total. The van der Waals surface area contributed by atoms with Crippen LogP contribution in [0.25, 0.3) is 0 Å². The second kappa shape index (κ2) is 6.75. The van der Waals surface area contributed by atoms with Crippen molar-refractivity contribution in [3.05, 3.63) is 36.8 Å². The first-order valence-electron chi connectivity index (χ1n) is 7.58. The molecule has 5 heteroatoms. The highest BCUT2D eigenvalue weighted by Crippen LogP contribution is 2.23. The highest BCUT2D eigenvalue weighted by molar-refractivity contribution is 5.06. The smallest absolute Gasteiger partial charge is 0.117 e. The van der Waals surface area contributed by atoms with Gasteiger partial charge in [0.1, 0.15) is 5.60 Å². The molecule has 1 aromatic rings. The van der Waals surface area contributed by atoms with Gasteiger partial charge in [-0.25, -0.2) is 0 Å². The number of hydrogen-bond acceptors (Lipinski definition) is 5. The summed E-state index contributed by atoms with van der Waals surface area (Å²) < 4.78 is 17.1. The van der Waals surface area contributed by atoms with Gasteiger partial charge in [-0.05, 0) is 6.07 Å². The van der Waals surface area contributed by atoms with Gasteiger partial charge in [0.25, 0.3) is 0 Å². The van der Waals surface area contributed by atoms with E-state index in [1.54, 1.807) is 6.26 Å². The van der Waals surface area contributed by atoms with Crippen molar-refractivity contribution in [1.82, 2.24) is 9.80 Å². The first-order valence-corrected chi connectivity index (χ1v) is 7.58. The summed E-state index contributed by atoms with van der Waals surface area (Å²) in [6.45, 7) is 11.5. The van der Waals surface area contributed by atoms with E-state index in [4.69, 9.17) is 13.9 Å². The van der Waals surface area contributed by atoms with Gasteiger partial charge >= 0.3 is 0 Å². The standard InChI is InChI=1S/C16H24N2O3/c1-2-4-17-5-8-20-14-16(12-17)13-18(6-9-21-16)10-15-3-7-19-11-15/h2-3,7,11H,1,4-6,8-10,12-14H2. The molecule has 1 unspecified atom stereocenters. The maximum atomic E-state index is 6.15. The molecule has 5 nitrogen and oxygen atoms in total. The SMILES string of the molecule is C=CCN1CCOCC2(C1)CN(Cc1ccoc1)CCO2. The molecule has 1 atom stereocenters. The van der Waals surface area contributed by atoms with Gasteiger partial charge in [-0.1, -0.05) is 6.08 Å². The average molecular weight is 292 g/mol. The highest BCUT2D eigenvalue weighted by atomic mass is 16.5. The Labute approximate surface area is 126 Å². The Morgan fingerprint density at radius 1 is 1.24 bits per heavy atom. The number of furan rings is 1. The maximum Gasteiger partial charge on any atom is 0.117 e. The third kappa shape index (κ3) is 3.74. The van der Waals surface area contributed by atoms with Crippen molar-refractivity contribution in [2.24, 2.45) is 0 Å². The Morgan fingerprint density at radius 3 is 2.90 bits per heavy atom. The zero-order valence-electron chi connectivity index (χ0n) is 12.5. The van der Waals surface area contributed by atoms with Crippen LogP contribution in [0, 0.1) is 0 Å². The fraction of sp³-hybridized carbons (Fsp3) is 0.625. The Hall–Kier alpha value is -1.14.